The number of imidazole rings is 1. The Morgan fingerprint density at radius 3 is 2.93 bits per heavy atom. The maximum atomic E-state index is 12.1. The molecule has 0 saturated heterocycles. The first-order chi connectivity index (χ1) is 14.0. The molecular weight excluding hydrogens is 396 g/mol. The minimum atomic E-state index is -1.14. The van der Waals surface area contributed by atoms with Crippen LogP contribution in [0.1, 0.15) is 30.0 Å². The highest BCUT2D eigenvalue weighted by molar-refractivity contribution is 6.29. The Balaban J connectivity index is 1.58. The summed E-state index contributed by atoms with van der Waals surface area (Å²) in [6.07, 6.45) is 4.52. The van der Waals surface area contributed by atoms with E-state index < -0.39 is 6.09 Å². The van der Waals surface area contributed by atoms with Gasteiger partial charge in [0, 0.05) is 17.8 Å². The molecule has 1 saturated carbocycles. The largest absolute Gasteiger partial charge is 0.482 e. The number of amides is 1. The van der Waals surface area contributed by atoms with Crippen molar-refractivity contribution in [1.29, 1.82) is 0 Å². The molecule has 0 bridgehead atoms. The van der Waals surface area contributed by atoms with E-state index in [0.717, 1.165) is 18.4 Å². The van der Waals surface area contributed by atoms with E-state index in [0.29, 0.717) is 34.6 Å². The van der Waals surface area contributed by atoms with Crippen LogP contribution in [0.4, 0.5) is 10.6 Å². The number of methoxy groups -OCH3 is 1. The number of hydrogen-bond acceptors (Lipinski definition) is 5. The number of hydrogen-bond donors (Lipinski definition) is 1. The molecule has 0 spiro atoms. The number of carbonyl (C=O) groups is 1. The molecule has 9 nitrogen and oxygen atoms in total. The van der Waals surface area contributed by atoms with Gasteiger partial charge >= 0.3 is 6.09 Å². The first-order valence-corrected chi connectivity index (χ1v) is 9.48. The molecule has 5 rings (SSSR count). The Morgan fingerprint density at radius 1 is 1.38 bits per heavy atom. The van der Waals surface area contributed by atoms with Gasteiger partial charge in [0.05, 0.1) is 25.5 Å². The summed E-state index contributed by atoms with van der Waals surface area (Å²) in [7, 11) is 1.57. The third kappa shape index (κ3) is 3.03. The van der Waals surface area contributed by atoms with Gasteiger partial charge in [-0.2, -0.15) is 9.61 Å². The number of rotatable bonds is 5. The van der Waals surface area contributed by atoms with Crippen LogP contribution < -0.4 is 9.64 Å². The van der Waals surface area contributed by atoms with Crippen LogP contribution in [0, 0.1) is 0 Å². The summed E-state index contributed by atoms with van der Waals surface area (Å²) < 4.78 is 8.63. The second kappa shape index (κ2) is 6.63. The highest BCUT2D eigenvalue weighted by atomic mass is 35.5. The van der Waals surface area contributed by atoms with E-state index in [1.165, 1.54) is 15.5 Å². The quantitative estimate of drug-likeness (QED) is 0.503. The van der Waals surface area contributed by atoms with Crippen molar-refractivity contribution in [3.63, 3.8) is 0 Å². The lowest BCUT2D eigenvalue weighted by molar-refractivity contribution is 0.201. The van der Waals surface area contributed by atoms with Crippen LogP contribution in [-0.2, 0) is 6.54 Å². The van der Waals surface area contributed by atoms with Gasteiger partial charge in [-0.05, 0) is 30.9 Å². The average molecular weight is 413 g/mol. The fourth-order valence-electron chi connectivity index (χ4n) is 3.50. The van der Waals surface area contributed by atoms with E-state index in [-0.39, 0.29) is 11.7 Å². The molecule has 1 fully saturated rings. The molecule has 29 heavy (non-hydrogen) atoms. The Kier molecular flexibility index (Phi) is 4.06. The van der Waals surface area contributed by atoms with Gasteiger partial charge in [0.25, 0.3) is 0 Å². The highest BCUT2D eigenvalue weighted by Crippen LogP contribution is 2.42. The third-order valence-electron chi connectivity index (χ3n) is 5.01. The predicted octanol–water partition coefficient (Wildman–Crippen LogP) is 3.60. The Hall–Kier alpha value is -3.33. The summed E-state index contributed by atoms with van der Waals surface area (Å²) in [5, 5.41) is 14.5. The molecule has 148 valence electrons. The number of fused-ring (bicyclic) bond motifs is 2. The van der Waals surface area contributed by atoms with Crippen molar-refractivity contribution in [2.24, 2.45) is 0 Å². The van der Waals surface area contributed by atoms with E-state index in [4.69, 9.17) is 16.3 Å². The number of aromatic nitrogens is 5. The number of ether oxygens (including phenoxy) is 1. The SMILES string of the molecule is COc1cccc2nc(CN(C(=O)O)c3cc(Cl)nc4c(C5CC5)cnn34)cn12. The van der Waals surface area contributed by atoms with Crippen LogP contribution >= 0.6 is 11.6 Å². The monoisotopic (exact) mass is 412 g/mol. The smallest absolute Gasteiger partial charge is 0.413 e. The summed E-state index contributed by atoms with van der Waals surface area (Å²) in [6, 6.07) is 6.97. The van der Waals surface area contributed by atoms with Crippen LogP contribution in [0.25, 0.3) is 11.3 Å². The summed E-state index contributed by atoms with van der Waals surface area (Å²) in [5.74, 6) is 1.34. The van der Waals surface area contributed by atoms with Crippen molar-refractivity contribution in [3.05, 3.63) is 53.1 Å². The van der Waals surface area contributed by atoms with Gasteiger partial charge in [0.15, 0.2) is 11.5 Å². The molecule has 1 N–H and O–H groups in total. The van der Waals surface area contributed by atoms with E-state index >= 15 is 0 Å². The molecule has 0 atom stereocenters. The fourth-order valence-corrected chi connectivity index (χ4v) is 3.67. The predicted molar refractivity (Wildman–Crippen MR) is 106 cm³/mol. The van der Waals surface area contributed by atoms with E-state index in [1.807, 2.05) is 18.2 Å². The van der Waals surface area contributed by atoms with Gasteiger partial charge in [-0.15, -0.1) is 0 Å². The highest BCUT2D eigenvalue weighted by Gasteiger charge is 2.29. The lowest BCUT2D eigenvalue weighted by Crippen LogP contribution is -2.31. The second-order valence-corrected chi connectivity index (χ2v) is 7.33. The summed E-state index contributed by atoms with van der Waals surface area (Å²) in [6.45, 7) is 0.0221. The number of pyridine rings is 1. The van der Waals surface area contributed by atoms with Gasteiger partial charge in [0.1, 0.15) is 16.6 Å². The number of halogens is 1. The molecule has 1 aliphatic rings. The van der Waals surface area contributed by atoms with Gasteiger partial charge in [-0.3, -0.25) is 9.30 Å². The number of nitrogens with zero attached hydrogens (tertiary/aromatic N) is 6. The number of carboxylic acid groups (broad SMARTS) is 1. The molecule has 4 aromatic heterocycles. The van der Waals surface area contributed by atoms with Crippen LogP contribution in [0.15, 0.2) is 36.7 Å². The molecule has 10 heteroatoms. The Bertz CT molecular complexity index is 1250. The van der Waals surface area contributed by atoms with Gasteiger partial charge in [-0.1, -0.05) is 17.7 Å². The molecule has 0 aromatic carbocycles. The van der Waals surface area contributed by atoms with Crippen molar-refractivity contribution in [2.45, 2.75) is 25.3 Å². The Morgan fingerprint density at radius 2 is 2.21 bits per heavy atom. The van der Waals surface area contributed by atoms with Gasteiger partial charge < -0.3 is 9.84 Å². The molecular formula is C19H17ClN6O3. The topological polar surface area (TPSA) is 97.3 Å². The van der Waals surface area contributed by atoms with Gasteiger partial charge in [0.2, 0.25) is 0 Å². The second-order valence-electron chi connectivity index (χ2n) is 6.94. The van der Waals surface area contributed by atoms with Crippen LogP contribution in [0.3, 0.4) is 0 Å². The zero-order chi connectivity index (χ0) is 20.1. The molecule has 1 aliphatic carbocycles. The van der Waals surface area contributed by atoms with Crippen molar-refractivity contribution >= 4 is 34.8 Å². The summed E-state index contributed by atoms with van der Waals surface area (Å²) >= 11 is 6.23. The van der Waals surface area contributed by atoms with Crippen molar-refractivity contribution < 1.29 is 14.6 Å². The molecule has 1 amide bonds. The molecule has 0 unspecified atom stereocenters. The average Bonchev–Trinajstić information content (AvgIpc) is 3.31. The van der Waals surface area contributed by atoms with Crippen molar-refractivity contribution in [3.8, 4) is 5.88 Å². The maximum Gasteiger partial charge on any atom is 0.413 e. The third-order valence-corrected chi connectivity index (χ3v) is 5.20. The molecule has 0 radical (unpaired) electrons. The minimum absolute atomic E-state index is 0.0221. The minimum Gasteiger partial charge on any atom is -0.482 e. The maximum absolute atomic E-state index is 12.1. The van der Waals surface area contributed by atoms with Gasteiger partial charge in [-0.25, -0.2) is 14.8 Å². The number of anilines is 1. The van der Waals surface area contributed by atoms with E-state index in [1.54, 1.807) is 23.9 Å². The van der Waals surface area contributed by atoms with E-state index in [9.17, 15) is 9.90 Å². The Labute approximate surface area is 170 Å². The first-order valence-electron chi connectivity index (χ1n) is 9.11. The van der Waals surface area contributed by atoms with Crippen molar-refractivity contribution in [1.82, 2.24) is 24.0 Å². The first kappa shape index (κ1) is 17.7. The van der Waals surface area contributed by atoms with Crippen LogP contribution in [0.5, 0.6) is 5.88 Å². The zero-order valence-electron chi connectivity index (χ0n) is 15.5. The lowest BCUT2D eigenvalue weighted by atomic mass is 10.2. The molecule has 4 aromatic rings. The standard InChI is InChI=1S/C19H17ClN6O3/c1-29-17-4-2-3-15-22-12(9-24(15)17)10-25(19(27)28)16-7-14(20)23-18-13(11-5-6-11)8-21-26(16)18/h2-4,7-9,11H,5-6,10H2,1H3,(H,27,28). The molecule has 0 aliphatic heterocycles. The normalized spacial score (nSPS) is 13.9. The molecule has 4 heterocycles. The summed E-state index contributed by atoms with van der Waals surface area (Å²) in [5.41, 5.74) is 2.82. The fraction of sp³-hybridized carbons (Fsp3) is 0.263. The lowest BCUT2D eigenvalue weighted by Gasteiger charge is -2.19. The summed E-state index contributed by atoms with van der Waals surface area (Å²) in [4.78, 5) is 22.2. The van der Waals surface area contributed by atoms with E-state index in [2.05, 4.69) is 15.1 Å². The zero-order valence-corrected chi connectivity index (χ0v) is 16.2. The van der Waals surface area contributed by atoms with Crippen molar-refractivity contribution in [2.75, 3.05) is 12.0 Å². The van der Waals surface area contributed by atoms with Crippen LogP contribution in [0.2, 0.25) is 5.15 Å². The van der Waals surface area contributed by atoms with Crippen LogP contribution in [-0.4, -0.2) is 42.3 Å².